The van der Waals surface area contributed by atoms with Crippen molar-refractivity contribution < 1.29 is 0 Å². The van der Waals surface area contributed by atoms with Crippen LogP contribution in [0.3, 0.4) is 0 Å². The van der Waals surface area contributed by atoms with Gasteiger partial charge in [0.15, 0.2) is 0 Å². The Labute approximate surface area is 786 Å². The Balaban J connectivity index is 0.000000144. The zero-order valence-corrected chi connectivity index (χ0v) is 76.1. The van der Waals surface area contributed by atoms with E-state index >= 15 is 0 Å². The molecule has 0 aromatic heterocycles. The Morgan fingerprint density at radius 1 is 0.134 bits per heavy atom. The van der Waals surface area contributed by atoms with Crippen LogP contribution < -0.4 is 9.80 Å². The first-order valence-electron chi connectivity index (χ1n) is 47.3. The van der Waals surface area contributed by atoms with Crippen molar-refractivity contribution in [3.05, 3.63) is 585 Å². The third kappa shape index (κ3) is 11.8. The molecular formula is C132H98N2. The molecule has 0 unspecified atom stereocenters. The number of fused-ring (bicyclic) bond motifs is 24. The van der Waals surface area contributed by atoms with Gasteiger partial charge in [0.1, 0.15) is 0 Å². The molecule has 0 aliphatic heterocycles. The summed E-state index contributed by atoms with van der Waals surface area (Å²) in [6, 6.07) is 182. The van der Waals surface area contributed by atoms with E-state index in [1.165, 1.54) is 189 Å². The maximum Gasteiger partial charge on any atom is 0.0720 e. The number of hydrogen-bond acceptors (Lipinski definition) is 2. The van der Waals surface area contributed by atoms with E-state index in [0.717, 1.165) is 34.1 Å². The fourth-order valence-electron chi connectivity index (χ4n) is 24.9. The molecule has 6 aliphatic rings. The van der Waals surface area contributed by atoms with Gasteiger partial charge in [-0.1, -0.05) is 454 Å². The molecule has 6 aliphatic carbocycles. The van der Waals surface area contributed by atoms with E-state index in [9.17, 15) is 0 Å². The third-order valence-electron chi connectivity index (χ3n) is 31.0. The summed E-state index contributed by atoms with van der Waals surface area (Å²) < 4.78 is 0. The van der Waals surface area contributed by atoms with Crippen molar-refractivity contribution >= 4 is 34.1 Å². The lowest BCUT2D eigenvalue weighted by molar-refractivity contribution is 0.563. The summed E-state index contributed by atoms with van der Waals surface area (Å²) >= 11 is 0. The largest absolute Gasteiger partial charge is 0.311 e. The van der Waals surface area contributed by atoms with Crippen molar-refractivity contribution in [2.75, 3.05) is 9.80 Å². The quantitative estimate of drug-likeness (QED) is 0.120. The van der Waals surface area contributed by atoms with Gasteiger partial charge in [-0.15, -0.1) is 0 Å². The van der Waals surface area contributed by atoms with Gasteiger partial charge in [-0.3, -0.25) is 0 Å². The zero-order chi connectivity index (χ0) is 89.8. The summed E-state index contributed by atoms with van der Waals surface area (Å²) in [6.07, 6.45) is 0. The minimum absolute atomic E-state index is 0.133. The molecule has 0 radical (unpaired) electrons. The van der Waals surface area contributed by atoms with Crippen molar-refractivity contribution in [1.82, 2.24) is 0 Å². The van der Waals surface area contributed by atoms with E-state index in [1.807, 2.05) is 0 Å². The number of benzene rings is 20. The average Bonchev–Trinajstić information content (AvgIpc) is 1.41. The first-order chi connectivity index (χ1) is 65.7. The molecule has 20 aromatic rings. The van der Waals surface area contributed by atoms with E-state index in [2.05, 4.69) is 537 Å². The van der Waals surface area contributed by atoms with E-state index in [-0.39, 0.29) is 16.2 Å². The van der Waals surface area contributed by atoms with Gasteiger partial charge in [0.2, 0.25) is 0 Å². The Bertz CT molecular complexity index is 7790. The Morgan fingerprint density at radius 2 is 0.381 bits per heavy atom. The zero-order valence-electron chi connectivity index (χ0n) is 76.1. The molecule has 134 heavy (non-hydrogen) atoms. The molecule has 0 N–H and O–H groups in total. The predicted molar refractivity (Wildman–Crippen MR) is 558 cm³/mol. The second-order valence-corrected chi connectivity index (χ2v) is 38.8. The SMILES string of the molecule is CC1(C)c2ccccc2-c2ccc(N(c3ccc4c(c3)-c3ccccc3C43c4ccccc4C(c4ccccc4)(c4ccccc4)c4ccccc43)c3ccc4c(c3)C(C)(C)c3ccccc3-4)cc21.CC1(C)c2ccccc2C2(c3ccccc3-c3c(-c4ccc(N(c5ccc(-c6ccccc6)cc5)c5ccc(-c6ccc(-c7ccccc7)cc6)cc5)cc4)cccc32)c2ccccc21. The standard InChI is InChI=1S/C68H51N.C64H47N/c1-65(2)55-28-14-11-25-49(55)52-38-35-47(42-63(52)65)69(48-36-39-53-50-26-12-15-29-56(50)66(3,4)64(53)43-48)46-37-40-58-54(41-46)51-27-13-16-30-57(51)68(58)61-33-19-17-31-59(61)67(44-21-7-5-8-22-44,45-23-9-6-10-24-45)60-32-18-20-34-62(60)68;1-63(2)57-23-11-13-25-59(57)64(60-26-14-12-24-58(60)63)56-22-10-9-20-55(56)62-54(21-15-27-61(62)64)50-36-42-53(43-37-50)65(51-38-32-48(33-39-51)45-18-7-4-8-19-45)52-40-34-49(35-41-52)47-30-28-46(29-31-47)44-16-5-3-6-17-44/h5-43H,1-4H3;3-43H,1-2H3. The molecule has 2 spiro atoms. The summed E-state index contributed by atoms with van der Waals surface area (Å²) in [7, 11) is 0. The van der Waals surface area contributed by atoms with Crippen LogP contribution in [-0.4, -0.2) is 0 Å². The monoisotopic (exact) mass is 1710 g/mol. The van der Waals surface area contributed by atoms with Crippen LogP contribution in [0.4, 0.5) is 34.1 Å². The Hall–Kier alpha value is -16.0. The molecule has 2 heteroatoms. The first-order valence-corrected chi connectivity index (χ1v) is 47.3. The van der Waals surface area contributed by atoms with Crippen molar-refractivity contribution in [3.63, 3.8) is 0 Å². The van der Waals surface area contributed by atoms with Crippen LogP contribution in [0, 0.1) is 0 Å². The number of anilines is 6. The maximum absolute atomic E-state index is 2.53. The van der Waals surface area contributed by atoms with Crippen molar-refractivity contribution in [2.24, 2.45) is 0 Å². The molecule has 0 saturated heterocycles. The Morgan fingerprint density at radius 3 is 0.806 bits per heavy atom. The summed E-state index contributed by atoms with van der Waals surface area (Å²) in [5.41, 5.74) is 49.2. The number of rotatable bonds is 12. The fourth-order valence-corrected chi connectivity index (χ4v) is 24.9. The van der Waals surface area contributed by atoms with Gasteiger partial charge >= 0.3 is 0 Å². The van der Waals surface area contributed by atoms with Gasteiger partial charge in [0.25, 0.3) is 0 Å². The highest BCUT2D eigenvalue weighted by molar-refractivity contribution is 5.99. The first kappa shape index (κ1) is 80.1. The normalized spacial score (nSPS) is 14.9. The lowest BCUT2D eigenvalue weighted by atomic mass is 9.51. The molecule has 0 bridgehead atoms. The van der Waals surface area contributed by atoms with Crippen LogP contribution in [0.15, 0.2) is 485 Å². The van der Waals surface area contributed by atoms with Crippen molar-refractivity contribution in [3.8, 4) is 89.0 Å². The highest BCUT2D eigenvalue weighted by Crippen LogP contribution is 2.68. The van der Waals surface area contributed by atoms with E-state index in [1.54, 1.807) is 0 Å². The summed E-state index contributed by atoms with van der Waals surface area (Å²) in [5.74, 6) is 0. The molecule has 2 nitrogen and oxygen atoms in total. The second-order valence-electron chi connectivity index (χ2n) is 38.8. The third-order valence-corrected chi connectivity index (χ3v) is 31.0. The topological polar surface area (TPSA) is 6.48 Å². The molecule has 20 aromatic carbocycles. The van der Waals surface area contributed by atoms with E-state index in [0.29, 0.717) is 0 Å². The molecule has 636 valence electrons. The predicted octanol–water partition coefficient (Wildman–Crippen LogP) is 33.7. The number of hydrogen-bond donors (Lipinski definition) is 0. The minimum atomic E-state index is -0.567. The van der Waals surface area contributed by atoms with Gasteiger partial charge in [-0.2, -0.15) is 0 Å². The van der Waals surface area contributed by atoms with Crippen molar-refractivity contribution in [2.45, 2.75) is 74.0 Å². The van der Waals surface area contributed by atoms with E-state index < -0.39 is 16.2 Å². The minimum Gasteiger partial charge on any atom is -0.311 e. The van der Waals surface area contributed by atoms with Gasteiger partial charge in [-0.05, 0) is 262 Å². The smallest absolute Gasteiger partial charge is 0.0720 e. The van der Waals surface area contributed by atoms with Gasteiger partial charge < -0.3 is 9.80 Å². The lowest BCUT2D eigenvalue weighted by Crippen LogP contribution is -2.44. The number of nitrogens with zero attached hydrogens (tertiary/aromatic N) is 2. The van der Waals surface area contributed by atoms with Gasteiger partial charge in [0.05, 0.1) is 16.2 Å². The molecule has 0 saturated carbocycles. The fraction of sp³-hybridized carbons (Fsp3) is 0.0909. The van der Waals surface area contributed by atoms with Gasteiger partial charge in [0, 0.05) is 50.4 Å². The highest BCUT2D eigenvalue weighted by atomic mass is 15.1. The second kappa shape index (κ2) is 30.8. The summed E-state index contributed by atoms with van der Waals surface area (Å²) in [5, 5.41) is 0. The van der Waals surface area contributed by atoms with Crippen LogP contribution in [0.25, 0.3) is 89.0 Å². The Kier molecular flexibility index (Phi) is 18.4. The lowest BCUT2D eigenvalue weighted by Gasteiger charge is -2.50. The summed E-state index contributed by atoms with van der Waals surface area (Å²) in [4.78, 5) is 4.91. The molecular weight excluding hydrogens is 1610 g/mol. The van der Waals surface area contributed by atoms with Crippen LogP contribution >= 0.6 is 0 Å². The average molecular weight is 1710 g/mol. The van der Waals surface area contributed by atoms with Crippen LogP contribution in [0.1, 0.15) is 142 Å². The molecule has 0 amide bonds. The van der Waals surface area contributed by atoms with E-state index in [4.69, 9.17) is 0 Å². The highest BCUT2D eigenvalue weighted by Gasteiger charge is 2.58. The molecule has 0 atom stereocenters. The maximum atomic E-state index is 2.53. The van der Waals surface area contributed by atoms with Crippen LogP contribution in [0.5, 0.6) is 0 Å². The van der Waals surface area contributed by atoms with Crippen LogP contribution in [-0.2, 0) is 32.5 Å². The van der Waals surface area contributed by atoms with Crippen LogP contribution in [0.2, 0.25) is 0 Å². The molecule has 26 rings (SSSR count). The van der Waals surface area contributed by atoms with Crippen molar-refractivity contribution in [1.29, 1.82) is 0 Å². The molecule has 0 heterocycles. The summed E-state index contributed by atoms with van der Waals surface area (Å²) in [6.45, 7) is 14.3. The van der Waals surface area contributed by atoms with Gasteiger partial charge in [-0.25, -0.2) is 0 Å². The molecule has 0 fully saturated rings.